The molecule has 0 bridgehead atoms. The molecule has 0 aliphatic rings. The maximum Gasteiger partial charge on any atom is 0.218 e. The van der Waals surface area contributed by atoms with E-state index in [1.807, 2.05) is 49.5 Å². The molecule has 4 nitrogen and oxygen atoms in total. The lowest BCUT2D eigenvalue weighted by atomic mass is 9.76. The summed E-state index contributed by atoms with van der Waals surface area (Å²) in [6, 6.07) is 13.9. The van der Waals surface area contributed by atoms with Crippen LogP contribution in [-0.4, -0.2) is 15.9 Å². The first-order valence-corrected chi connectivity index (χ1v) is 6.87. The minimum Gasteiger partial charge on any atom is -0.370 e. The van der Waals surface area contributed by atoms with Crippen LogP contribution in [0.2, 0.25) is 0 Å². The Morgan fingerprint density at radius 2 is 2.14 bits per heavy atom. The summed E-state index contributed by atoms with van der Waals surface area (Å²) < 4.78 is 0. The van der Waals surface area contributed by atoms with Gasteiger partial charge in [0.15, 0.2) is 0 Å². The number of rotatable bonds is 4. The van der Waals surface area contributed by atoms with Crippen molar-refractivity contribution in [2.75, 3.05) is 0 Å². The van der Waals surface area contributed by atoms with E-state index >= 15 is 0 Å². The molecule has 0 saturated heterocycles. The molecular formula is C17H17N3O. The molecule has 1 aromatic carbocycles. The highest BCUT2D eigenvalue weighted by Crippen LogP contribution is 2.35. The Bertz CT molecular complexity index is 779. The Kier molecular flexibility index (Phi) is 3.22. The molecule has 0 saturated carbocycles. The van der Waals surface area contributed by atoms with Crippen LogP contribution in [0.15, 0.2) is 54.9 Å². The average Bonchev–Trinajstić information content (AvgIpc) is 2.94. The van der Waals surface area contributed by atoms with Gasteiger partial charge in [0.1, 0.15) is 0 Å². The molecular weight excluding hydrogens is 262 g/mol. The van der Waals surface area contributed by atoms with Gasteiger partial charge in [0, 0.05) is 29.7 Å². The van der Waals surface area contributed by atoms with E-state index in [0.29, 0.717) is 0 Å². The topological polar surface area (TPSA) is 71.8 Å². The van der Waals surface area contributed by atoms with E-state index in [0.717, 1.165) is 22.2 Å². The van der Waals surface area contributed by atoms with Gasteiger partial charge >= 0.3 is 0 Å². The smallest absolute Gasteiger partial charge is 0.218 e. The second-order valence-electron chi connectivity index (χ2n) is 5.47. The Labute approximate surface area is 123 Å². The van der Waals surface area contributed by atoms with Crippen molar-refractivity contribution in [2.45, 2.75) is 18.8 Å². The Morgan fingerprint density at radius 3 is 2.86 bits per heavy atom. The van der Waals surface area contributed by atoms with Crippen LogP contribution in [0.4, 0.5) is 0 Å². The molecule has 106 valence electrons. The normalized spacial score (nSPS) is 14.0. The van der Waals surface area contributed by atoms with Crippen LogP contribution in [0.5, 0.6) is 0 Å². The standard InChI is InChI=1S/C17H17N3O/c1-17(11-16(18)21,15-4-2-3-8-20-15)13-6-5-12-7-9-19-14(12)10-13/h2-10,19H,11H2,1H3,(H2,18,21). The number of primary amides is 1. The molecule has 4 heteroatoms. The number of carbonyl (C=O) groups is 1. The molecule has 0 aliphatic carbocycles. The average molecular weight is 279 g/mol. The second-order valence-corrected chi connectivity index (χ2v) is 5.47. The molecule has 2 heterocycles. The maximum absolute atomic E-state index is 11.6. The molecule has 1 atom stereocenters. The van der Waals surface area contributed by atoms with Crippen molar-refractivity contribution in [3.05, 3.63) is 66.1 Å². The van der Waals surface area contributed by atoms with E-state index < -0.39 is 5.41 Å². The molecule has 2 aromatic heterocycles. The number of amides is 1. The zero-order valence-corrected chi connectivity index (χ0v) is 11.8. The summed E-state index contributed by atoms with van der Waals surface area (Å²) in [5.74, 6) is -0.338. The van der Waals surface area contributed by atoms with E-state index in [1.165, 1.54) is 0 Å². The number of aromatic amines is 1. The summed E-state index contributed by atoms with van der Waals surface area (Å²) in [4.78, 5) is 19.2. The predicted octanol–water partition coefficient (Wildman–Crippen LogP) is 2.74. The van der Waals surface area contributed by atoms with E-state index in [-0.39, 0.29) is 12.3 Å². The van der Waals surface area contributed by atoms with E-state index in [9.17, 15) is 4.79 Å². The Hall–Kier alpha value is -2.62. The van der Waals surface area contributed by atoms with Crippen LogP contribution in [-0.2, 0) is 10.2 Å². The van der Waals surface area contributed by atoms with Crippen LogP contribution in [0, 0.1) is 0 Å². The van der Waals surface area contributed by atoms with Crippen molar-refractivity contribution in [3.8, 4) is 0 Å². The molecule has 0 aliphatic heterocycles. The van der Waals surface area contributed by atoms with Gasteiger partial charge in [-0.2, -0.15) is 0 Å². The van der Waals surface area contributed by atoms with Gasteiger partial charge in [-0.25, -0.2) is 0 Å². The first-order chi connectivity index (χ1) is 10.1. The van der Waals surface area contributed by atoms with E-state index in [2.05, 4.69) is 16.0 Å². The summed E-state index contributed by atoms with van der Waals surface area (Å²) in [5, 5.41) is 1.14. The summed E-state index contributed by atoms with van der Waals surface area (Å²) in [5.41, 5.74) is 7.84. The van der Waals surface area contributed by atoms with Crippen LogP contribution in [0.1, 0.15) is 24.6 Å². The summed E-state index contributed by atoms with van der Waals surface area (Å²) in [6.45, 7) is 2.00. The van der Waals surface area contributed by atoms with E-state index in [4.69, 9.17) is 5.73 Å². The molecule has 0 fully saturated rings. The summed E-state index contributed by atoms with van der Waals surface area (Å²) in [6.07, 6.45) is 3.86. The molecule has 3 rings (SSSR count). The van der Waals surface area contributed by atoms with Gasteiger partial charge in [0.05, 0.1) is 5.69 Å². The zero-order valence-electron chi connectivity index (χ0n) is 11.8. The third kappa shape index (κ3) is 2.40. The third-order valence-electron chi connectivity index (χ3n) is 3.95. The van der Waals surface area contributed by atoms with Crippen LogP contribution < -0.4 is 5.73 Å². The van der Waals surface area contributed by atoms with Gasteiger partial charge in [-0.3, -0.25) is 9.78 Å². The number of benzene rings is 1. The largest absolute Gasteiger partial charge is 0.370 e. The highest BCUT2D eigenvalue weighted by Gasteiger charge is 2.32. The number of nitrogens with two attached hydrogens (primary N) is 1. The first kappa shape index (κ1) is 13.4. The van der Waals surface area contributed by atoms with Gasteiger partial charge in [-0.15, -0.1) is 0 Å². The van der Waals surface area contributed by atoms with Crippen LogP contribution in [0.25, 0.3) is 10.9 Å². The van der Waals surface area contributed by atoms with E-state index in [1.54, 1.807) is 6.20 Å². The number of H-pyrrole nitrogens is 1. The lowest BCUT2D eigenvalue weighted by molar-refractivity contribution is -0.118. The highest BCUT2D eigenvalue weighted by molar-refractivity contribution is 5.81. The van der Waals surface area contributed by atoms with Crippen LogP contribution in [0.3, 0.4) is 0 Å². The number of hydrogen-bond donors (Lipinski definition) is 2. The zero-order chi connectivity index (χ0) is 14.9. The van der Waals surface area contributed by atoms with Gasteiger partial charge < -0.3 is 10.7 Å². The third-order valence-corrected chi connectivity index (χ3v) is 3.95. The molecule has 3 aromatic rings. The van der Waals surface area contributed by atoms with Gasteiger partial charge in [0.2, 0.25) is 5.91 Å². The molecule has 0 spiro atoms. The second kappa shape index (κ2) is 5.05. The highest BCUT2D eigenvalue weighted by atomic mass is 16.1. The number of nitrogens with zero attached hydrogens (tertiary/aromatic N) is 1. The van der Waals surface area contributed by atoms with Crippen molar-refractivity contribution >= 4 is 16.8 Å². The number of hydrogen-bond acceptors (Lipinski definition) is 2. The summed E-state index contributed by atoms with van der Waals surface area (Å²) in [7, 11) is 0. The first-order valence-electron chi connectivity index (χ1n) is 6.87. The van der Waals surface area contributed by atoms with Gasteiger partial charge in [-0.1, -0.05) is 18.2 Å². The lowest BCUT2D eigenvalue weighted by Gasteiger charge is -2.28. The fourth-order valence-corrected chi connectivity index (χ4v) is 2.77. The number of fused-ring (bicyclic) bond motifs is 1. The fraction of sp³-hybridized carbons (Fsp3) is 0.176. The SMILES string of the molecule is CC(CC(N)=O)(c1ccc2cc[nH]c2c1)c1ccccn1. The quantitative estimate of drug-likeness (QED) is 0.770. The van der Waals surface area contributed by atoms with Crippen LogP contribution >= 0.6 is 0 Å². The predicted molar refractivity (Wildman–Crippen MR) is 82.8 cm³/mol. The molecule has 3 N–H and O–H groups in total. The fourth-order valence-electron chi connectivity index (χ4n) is 2.77. The van der Waals surface area contributed by atoms with Crippen molar-refractivity contribution in [3.63, 3.8) is 0 Å². The summed E-state index contributed by atoms with van der Waals surface area (Å²) >= 11 is 0. The van der Waals surface area contributed by atoms with Crippen molar-refractivity contribution in [2.24, 2.45) is 5.73 Å². The molecule has 0 radical (unpaired) electrons. The maximum atomic E-state index is 11.6. The van der Waals surface area contributed by atoms with Gasteiger partial charge in [-0.05, 0) is 42.1 Å². The van der Waals surface area contributed by atoms with Crippen molar-refractivity contribution < 1.29 is 4.79 Å². The minimum absolute atomic E-state index is 0.218. The number of carbonyl (C=O) groups excluding carboxylic acids is 1. The lowest BCUT2D eigenvalue weighted by Crippen LogP contribution is -2.31. The number of nitrogens with one attached hydrogen (secondary N) is 1. The number of aromatic nitrogens is 2. The molecule has 21 heavy (non-hydrogen) atoms. The monoisotopic (exact) mass is 279 g/mol. The van der Waals surface area contributed by atoms with Gasteiger partial charge in [0.25, 0.3) is 0 Å². The minimum atomic E-state index is -0.535. The van der Waals surface area contributed by atoms with Crippen molar-refractivity contribution in [1.29, 1.82) is 0 Å². The molecule has 1 unspecified atom stereocenters. The Balaban J connectivity index is 2.16. The number of pyridine rings is 1. The molecule has 1 amide bonds. The Morgan fingerprint density at radius 1 is 1.29 bits per heavy atom. The van der Waals surface area contributed by atoms with Crippen molar-refractivity contribution in [1.82, 2.24) is 9.97 Å².